The monoisotopic (exact) mass is 720 g/mol. The van der Waals surface area contributed by atoms with E-state index in [1.807, 2.05) is 0 Å². The van der Waals surface area contributed by atoms with E-state index in [2.05, 4.69) is 194 Å². The van der Waals surface area contributed by atoms with Crippen LogP contribution in [0.3, 0.4) is 0 Å². The summed E-state index contributed by atoms with van der Waals surface area (Å²) in [5.74, 6) is 0. The summed E-state index contributed by atoms with van der Waals surface area (Å²) >= 11 is 0. The average molecular weight is 721 g/mol. The molecule has 0 aliphatic rings. The summed E-state index contributed by atoms with van der Waals surface area (Å²) in [4.78, 5) is 0. The van der Waals surface area contributed by atoms with Gasteiger partial charge in [-0.05, 0) is 122 Å². The Kier molecular flexibility index (Phi) is 6.23. The lowest BCUT2D eigenvalue weighted by Crippen LogP contribution is -1.91. The smallest absolute Gasteiger partial charge is 0.143 e. The van der Waals surface area contributed by atoms with Crippen LogP contribution in [0.25, 0.3) is 131 Å². The van der Waals surface area contributed by atoms with Gasteiger partial charge in [0.1, 0.15) is 11.2 Å². The molecule has 1 heterocycles. The Labute approximate surface area is 328 Å². The fourth-order valence-corrected chi connectivity index (χ4v) is 9.99. The van der Waals surface area contributed by atoms with E-state index in [0.29, 0.717) is 0 Å². The first-order chi connectivity index (χ1) is 28.3. The summed E-state index contributed by atoms with van der Waals surface area (Å²) in [5.41, 5.74) is 9.02. The molecular formula is C56H32O. The Bertz CT molecular complexity index is 3790. The quantitative estimate of drug-likeness (QED) is 0.166. The van der Waals surface area contributed by atoms with E-state index in [4.69, 9.17) is 4.42 Å². The van der Waals surface area contributed by atoms with Gasteiger partial charge in [-0.2, -0.15) is 0 Å². The third kappa shape index (κ3) is 4.34. The van der Waals surface area contributed by atoms with Crippen LogP contribution in [0.1, 0.15) is 0 Å². The maximum atomic E-state index is 7.11. The van der Waals surface area contributed by atoms with Crippen LogP contribution in [0.4, 0.5) is 0 Å². The second kappa shape index (κ2) is 11.5. The first-order valence-corrected chi connectivity index (χ1v) is 19.7. The van der Waals surface area contributed by atoms with Crippen LogP contribution in [-0.2, 0) is 0 Å². The third-order valence-corrected chi connectivity index (χ3v) is 12.6. The van der Waals surface area contributed by atoms with Crippen LogP contribution in [0, 0.1) is 0 Å². The van der Waals surface area contributed by atoms with Crippen LogP contribution < -0.4 is 0 Å². The molecule has 13 aromatic rings. The van der Waals surface area contributed by atoms with Crippen LogP contribution in [0.2, 0.25) is 0 Å². The van der Waals surface area contributed by atoms with Gasteiger partial charge in [-0.25, -0.2) is 0 Å². The molecule has 0 saturated heterocycles. The SMILES string of the molecule is c1ccc(-c2ccc3ccc4c(-c5cc(-c6cc7ccc8ccccc8c7c7ccccc67)c6oc7c8ccccc8ccc7c6c5)ccc5ccc2c3c54)cc1. The van der Waals surface area contributed by atoms with Crippen LogP contribution in [-0.4, -0.2) is 0 Å². The van der Waals surface area contributed by atoms with Gasteiger partial charge >= 0.3 is 0 Å². The third-order valence-electron chi connectivity index (χ3n) is 12.6. The molecule has 0 saturated carbocycles. The van der Waals surface area contributed by atoms with Crippen LogP contribution in [0.15, 0.2) is 199 Å². The fourth-order valence-electron chi connectivity index (χ4n) is 9.99. The molecule has 1 heteroatoms. The minimum atomic E-state index is 0.917. The first kappa shape index (κ1) is 30.8. The molecule has 0 atom stereocenters. The average Bonchev–Trinajstić information content (AvgIpc) is 3.67. The van der Waals surface area contributed by atoms with Crippen molar-refractivity contribution in [2.45, 2.75) is 0 Å². The zero-order valence-corrected chi connectivity index (χ0v) is 30.9. The van der Waals surface area contributed by atoms with Crippen molar-refractivity contribution < 1.29 is 4.42 Å². The van der Waals surface area contributed by atoms with E-state index in [9.17, 15) is 0 Å². The predicted molar refractivity (Wildman–Crippen MR) is 244 cm³/mol. The van der Waals surface area contributed by atoms with Crippen LogP contribution >= 0.6 is 0 Å². The number of hydrogen-bond donors (Lipinski definition) is 0. The van der Waals surface area contributed by atoms with Gasteiger partial charge in [0.2, 0.25) is 0 Å². The lowest BCUT2D eigenvalue weighted by atomic mass is 9.85. The van der Waals surface area contributed by atoms with Gasteiger partial charge in [0.15, 0.2) is 0 Å². The summed E-state index contributed by atoms with van der Waals surface area (Å²) in [7, 11) is 0. The van der Waals surface area contributed by atoms with Gasteiger partial charge in [0.05, 0.1) is 0 Å². The number of hydrogen-bond acceptors (Lipinski definition) is 1. The van der Waals surface area contributed by atoms with Crippen molar-refractivity contribution in [3.8, 4) is 33.4 Å². The molecule has 0 amide bonds. The Hall–Kier alpha value is -7.48. The van der Waals surface area contributed by atoms with E-state index in [1.54, 1.807) is 0 Å². The largest absolute Gasteiger partial charge is 0.455 e. The van der Waals surface area contributed by atoms with Crippen molar-refractivity contribution in [2.24, 2.45) is 0 Å². The molecule has 0 N–H and O–H groups in total. The predicted octanol–water partition coefficient (Wildman–Crippen LogP) is 16.1. The maximum Gasteiger partial charge on any atom is 0.143 e. The minimum Gasteiger partial charge on any atom is -0.455 e. The normalized spacial score (nSPS) is 12.2. The molecule has 0 unspecified atom stereocenters. The second-order valence-electron chi connectivity index (χ2n) is 15.5. The van der Waals surface area contributed by atoms with Gasteiger partial charge in [-0.3, -0.25) is 0 Å². The van der Waals surface area contributed by atoms with E-state index in [0.717, 1.165) is 32.9 Å². The van der Waals surface area contributed by atoms with E-state index >= 15 is 0 Å². The van der Waals surface area contributed by atoms with Crippen molar-refractivity contribution in [1.82, 2.24) is 0 Å². The molecule has 1 nitrogen and oxygen atoms in total. The van der Waals surface area contributed by atoms with Gasteiger partial charge in [-0.1, -0.05) is 170 Å². The highest BCUT2D eigenvalue weighted by molar-refractivity contribution is 6.29. The Morgan fingerprint density at radius 3 is 1.53 bits per heavy atom. The van der Waals surface area contributed by atoms with E-state index in [-0.39, 0.29) is 0 Å². The van der Waals surface area contributed by atoms with Crippen LogP contribution in [0.5, 0.6) is 0 Å². The molecule has 0 radical (unpaired) electrons. The molecule has 0 aliphatic carbocycles. The summed E-state index contributed by atoms with van der Waals surface area (Å²) < 4.78 is 7.11. The molecule has 0 spiro atoms. The Morgan fingerprint density at radius 2 is 0.772 bits per heavy atom. The first-order valence-electron chi connectivity index (χ1n) is 19.7. The fraction of sp³-hybridized carbons (Fsp3) is 0. The summed E-state index contributed by atoms with van der Waals surface area (Å²) in [5, 5.41) is 19.8. The van der Waals surface area contributed by atoms with Gasteiger partial charge < -0.3 is 4.42 Å². The van der Waals surface area contributed by atoms with Crippen molar-refractivity contribution in [1.29, 1.82) is 0 Å². The lowest BCUT2D eigenvalue weighted by molar-refractivity contribution is 0.674. The molecule has 0 fully saturated rings. The molecule has 57 heavy (non-hydrogen) atoms. The number of benzene rings is 12. The highest BCUT2D eigenvalue weighted by Gasteiger charge is 2.21. The van der Waals surface area contributed by atoms with Crippen molar-refractivity contribution in [3.05, 3.63) is 194 Å². The molecule has 0 bridgehead atoms. The van der Waals surface area contributed by atoms with E-state index in [1.165, 1.54) is 97.8 Å². The van der Waals surface area contributed by atoms with Crippen molar-refractivity contribution in [3.63, 3.8) is 0 Å². The van der Waals surface area contributed by atoms with Gasteiger partial charge in [0, 0.05) is 21.7 Å². The zero-order valence-electron chi connectivity index (χ0n) is 30.9. The molecule has 0 aliphatic heterocycles. The highest BCUT2D eigenvalue weighted by Crippen LogP contribution is 2.48. The topological polar surface area (TPSA) is 13.1 Å². The van der Waals surface area contributed by atoms with Gasteiger partial charge in [0.25, 0.3) is 0 Å². The molecule has 262 valence electrons. The zero-order chi connectivity index (χ0) is 37.2. The van der Waals surface area contributed by atoms with Crippen molar-refractivity contribution in [2.75, 3.05) is 0 Å². The van der Waals surface area contributed by atoms with Gasteiger partial charge in [-0.15, -0.1) is 0 Å². The van der Waals surface area contributed by atoms with E-state index < -0.39 is 0 Å². The summed E-state index contributed by atoms with van der Waals surface area (Å²) in [6, 6.07) is 71.6. The minimum absolute atomic E-state index is 0.917. The maximum absolute atomic E-state index is 7.11. The number of furan rings is 1. The Balaban J connectivity index is 1.15. The standard InChI is InChI=1S/C56H32O/c1-2-10-33(11-3-1)40-25-21-36-24-28-47-41(26-22-37-23-27-46(40)53(36)54(37)47)39-31-50-48-29-20-35-13-5-7-15-43(35)55(48)57-56(50)51(32-39)49-30-38-19-18-34-12-4-6-14-42(34)52(38)45-17-9-8-16-44(45)49/h1-32H. The summed E-state index contributed by atoms with van der Waals surface area (Å²) in [6.45, 7) is 0. The number of rotatable bonds is 3. The second-order valence-corrected chi connectivity index (χ2v) is 15.5. The summed E-state index contributed by atoms with van der Waals surface area (Å²) in [6.07, 6.45) is 0. The molecule has 12 aromatic carbocycles. The Morgan fingerprint density at radius 1 is 0.228 bits per heavy atom. The van der Waals surface area contributed by atoms with Crippen molar-refractivity contribution >= 4 is 97.3 Å². The molecule has 13 rings (SSSR count). The number of fused-ring (bicyclic) bond motifs is 10. The molecular weight excluding hydrogens is 689 g/mol. The highest BCUT2D eigenvalue weighted by atomic mass is 16.3. The lowest BCUT2D eigenvalue weighted by Gasteiger charge is -2.18. The molecule has 1 aromatic heterocycles.